The number of piperidine rings is 1. The van der Waals surface area contributed by atoms with Crippen molar-refractivity contribution in [2.24, 2.45) is 7.05 Å². The van der Waals surface area contributed by atoms with Gasteiger partial charge in [0.05, 0.1) is 23.1 Å². The van der Waals surface area contributed by atoms with Crippen molar-refractivity contribution in [2.75, 3.05) is 29.0 Å². The number of nitrogen functional groups attached to an aromatic ring is 1. The van der Waals surface area contributed by atoms with Crippen LogP contribution in [0, 0.1) is 0 Å². The van der Waals surface area contributed by atoms with Crippen molar-refractivity contribution in [3.8, 4) is 0 Å². The number of carbonyl (C=O) groups excluding carboxylic acids is 1. The molecule has 0 radical (unpaired) electrons. The smallest absolute Gasteiger partial charge is 0.368 e. The van der Waals surface area contributed by atoms with Crippen LogP contribution in [0.4, 0.5) is 35.1 Å². The van der Waals surface area contributed by atoms with E-state index in [9.17, 15) is 22.4 Å². The number of carbonyl (C=O) groups is 1. The first-order chi connectivity index (χ1) is 17.1. The molecular formula is C24H27F4N7O. The highest BCUT2D eigenvalue weighted by atomic mass is 19.4. The van der Waals surface area contributed by atoms with Gasteiger partial charge in [-0.15, -0.1) is 0 Å². The Morgan fingerprint density at radius 2 is 1.92 bits per heavy atom. The van der Waals surface area contributed by atoms with Gasteiger partial charge in [-0.2, -0.15) is 13.2 Å². The van der Waals surface area contributed by atoms with Gasteiger partial charge < -0.3 is 20.5 Å². The molecule has 5 rings (SSSR count). The maximum absolute atomic E-state index is 13.8. The minimum Gasteiger partial charge on any atom is -0.368 e. The van der Waals surface area contributed by atoms with Gasteiger partial charge in [-0.3, -0.25) is 4.79 Å². The number of alkyl halides is 4. The molecule has 8 nitrogen and oxygen atoms in total. The third kappa shape index (κ3) is 5.74. The summed E-state index contributed by atoms with van der Waals surface area (Å²) in [4.78, 5) is 24.9. The fraction of sp³-hybridized carbons (Fsp3) is 0.417. The molecule has 1 amide bonds. The molecule has 1 atom stereocenters. The molecule has 0 spiro atoms. The Bertz CT molecular complexity index is 1250. The second-order valence-electron chi connectivity index (χ2n) is 8.88. The topological polar surface area (TPSA) is 102 Å². The standard InChI is InChI=1S/C19H23FN4O.C5H4F3N3/c1-3-18(25)21-15-10-16-17(9-14(15)12-6-7-12)23(2)19(22-16)24-8-4-5-13(20)11-24;6-5(7,8)3-1-10-4(9)11-2-3/h3,9-10,12-13H,1,4-8,11H2,2H3,(H,21,25);1-2H,(H2,9,10,11). The predicted octanol–water partition coefficient (Wildman–Crippen LogP) is 4.59. The Balaban J connectivity index is 0.000000233. The Morgan fingerprint density at radius 1 is 1.22 bits per heavy atom. The Morgan fingerprint density at radius 3 is 2.50 bits per heavy atom. The SMILES string of the molecule is C=CC(=O)Nc1cc2nc(N3CCCC(F)C3)n(C)c2cc1C1CC1.Nc1ncc(C(F)(F)F)cn1. The van der Waals surface area contributed by atoms with Gasteiger partial charge in [-0.1, -0.05) is 6.58 Å². The van der Waals surface area contributed by atoms with E-state index in [0.717, 1.165) is 54.0 Å². The number of aromatic nitrogens is 4. The van der Waals surface area contributed by atoms with Crippen molar-refractivity contribution in [3.05, 3.63) is 48.3 Å². The first-order valence-corrected chi connectivity index (χ1v) is 11.5. The molecule has 1 saturated carbocycles. The summed E-state index contributed by atoms with van der Waals surface area (Å²) in [5.74, 6) is 0.908. The van der Waals surface area contributed by atoms with E-state index in [1.165, 1.54) is 6.08 Å². The minimum absolute atomic E-state index is 0.169. The van der Waals surface area contributed by atoms with E-state index < -0.39 is 17.9 Å². The minimum atomic E-state index is -4.40. The summed E-state index contributed by atoms with van der Waals surface area (Å²) < 4.78 is 51.2. The second kappa shape index (κ2) is 10.1. The Kier molecular flexibility index (Phi) is 7.14. The van der Waals surface area contributed by atoms with Gasteiger partial charge in [-0.05, 0) is 55.4 Å². The molecule has 1 unspecified atom stereocenters. The maximum atomic E-state index is 13.8. The number of nitrogens with two attached hydrogens (primary N) is 1. The van der Waals surface area contributed by atoms with Crippen LogP contribution in [0.25, 0.3) is 11.0 Å². The van der Waals surface area contributed by atoms with Crippen LogP contribution in [0.5, 0.6) is 0 Å². The van der Waals surface area contributed by atoms with Crippen LogP contribution in [-0.4, -0.2) is 44.7 Å². The number of aryl methyl sites for hydroxylation is 1. The number of imidazole rings is 1. The molecular weight excluding hydrogens is 478 g/mol. The summed E-state index contributed by atoms with van der Waals surface area (Å²) in [6.45, 7) is 4.74. The number of halogens is 4. The van der Waals surface area contributed by atoms with E-state index in [-0.39, 0.29) is 11.9 Å². The lowest BCUT2D eigenvalue weighted by atomic mass is 10.1. The number of benzene rings is 1. The van der Waals surface area contributed by atoms with Gasteiger partial charge in [-0.25, -0.2) is 19.3 Å². The average Bonchev–Trinajstić information content (AvgIpc) is 3.62. The lowest BCUT2D eigenvalue weighted by molar-refractivity contribution is -0.138. The average molecular weight is 506 g/mol. The van der Waals surface area contributed by atoms with Crippen LogP contribution in [0.2, 0.25) is 0 Å². The highest BCUT2D eigenvalue weighted by Crippen LogP contribution is 2.45. The molecule has 0 bridgehead atoms. The highest BCUT2D eigenvalue weighted by molar-refractivity contribution is 6.01. The van der Waals surface area contributed by atoms with Crippen molar-refractivity contribution in [1.29, 1.82) is 0 Å². The number of amides is 1. The number of nitrogens with zero attached hydrogens (tertiary/aromatic N) is 5. The fourth-order valence-electron chi connectivity index (χ4n) is 4.14. The van der Waals surface area contributed by atoms with Crippen molar-refractivity contribution < 1.29 is 22.4 Å². The zero-order valence-electron chi connectivity index (χ0n) is 19.7. The molecule has 1 aliphatic carbocycles. The Labute approximate surface area is 205 Å². The van der Waals surface area contributed by atoms with Gasteiger partial charge in [0, 0.05) is 31.7 Å². The van der Waals surface area contributed by atoms with Crippen molar-refractivity contribution >= 4 is 34.5 Å². The summed E-state index contributed by atoms with van der Waals surface area (Å²) in [5, 5.41) is 2.91. The van der Waals surface area contributed by atoms with Crippen LogP contribution >= 0.6 is 0 Å². The molecule has 12 heteroatoms. The van der Waals surface area contributed by atoms with Crippen molar-refractivity contribution in [3.63, 3.8) is 0 Å². The fourth-order valence-corrected chi connectivity index (χ4v) is 4.14. The van der Waals surface area contributed by atoms with Gasteiger partial charge >= 0.3 is 6.18 Å². The van der Waals surface area contributed by atoms with E-state index in [2.05, 4.69) is 27.9 Å². The lowest BCUT2D eigenvalue weighted by Gasteiger charge is -2.29. The first-order valence-electron chi connectivity index (χ1n) is 11.5. The second-order valence-corrected chi connectivity index (χ2v) is 8.88. The molecule has 3 aromatic rings. The van der Waals surface area contributed by atoms with Gasteiger partial charge in [0.1, 0.15) is 6.17 Å². The third-order valence-corrected chi connectivity index (χ3v) is 6.13. The van der Waals surface area contributed by atoms with E-state index >= 15 is 0 Å². The quantitative estimate of drug-likeness (QED) is 0.397. The molecule has 3 N–H and O–H groups in total. The number of anilines is 3. The molecule has 2 aliphatic rings. The zero-order valence-corrected chi connectivity index (χ0v) is 19.7. The molecule has 2 aromatic heterocycles. The van der Waals surface area contributed by atoms with Crippen LogP contribution in [0.3, 0.4) is 0 Å². The predicted molar refractivity (Wildman–Crippen MR) is 129 cm³/mol. The van der Waals surface area contributed by atoms with Crippen molar-refractivity contribution in [2.45, 2.75) is 43.9 Å². The number of hydrogen-bond donors (Lipinski definition) is 2. The van der Waals surface area contributed by atoms with Crippen LogP contribution in [0.1, 0.15) is 42.7 Å². The zero-order chi connectivity index (χ0) is 26.0. The molecule has 1 saturated heterocycles. The van der Waals surface area contributed by atoms with Gasteiger partial charge in [0.2, 0.25) is 17.8 Å². The molecule has 3 heterocycles. The van der Waals surface area contributed by atoms with E-state index in [1.54, 1.807) is 0 Å². The lowest BCUT2D eigenvalue weighted by Crippen LogP contribution is -2.37. The number of nitrogens with one attached hydrogen (secondary N) is 1. The van der Waals surface area contributed by atoms with Crippen LogP contribution in [0.15, 0.2) is 37.2 Å². The number of hydrogen-bond acceptors (Lipinski definition) is 6. The summed E-state index contributed by atoms with van der Waals surface area (Å²) in [6, 6.07) is 4.06. The summed E-state index contributed by atoms with van der Waals surface area (Å²) >= 11 is 0. The normalized spacial score (nSPS) is 17.9. The molecule has 192 valence electrons. The monoisotopic (exact) mass is 505 g/mol. The molecule has 36 heavy (non-hydrogen) atoms. The highest BCUT2D eigenvalue weighted by Gasteiger charge is 2.31. The van der Waals surface area contributed by atoms with Crippen molar-refractivity contribution in [1.82, 2.24) is 19.5 Å². The van der Waals surface area contributed by atoms with Gasteiger partial charge in [0.25, 0.3) is 0 Å². The van der Waals surface area contributed by atoms with E-state index in [0.29, 0.717) is 31.3 Å². The molecule has 2 fully saturated rings. The third-order valence-electron chi connectivity index (χ3n) is 6.13. The molecule has 1 aromatic carbocycles. The van der Waals surface area contributed by atoms with Crippen LogP contribution < -0.4 is 16.0 Å². The Hall–Kier alpha value is -3.70. The maximum Gasteiger partial charge on any atom is 0.419 e. The summed E-state index contributed by atoms with van der Waals surface area (Å²) in [5.41, 5.74) is 7.89. The number of rotatable bonds is 4. The summed E-state index contributed by atoms with van der Waals surface area (Å²) in [6.07, 6.45) is 1.13. The van der Waals surface area contributed by atoms with Crippen LogP contribution in [-0.2, 0) is 18.0 Å². The van der Waals surface area contributed by atoms with E-state index in [1.807, 2.05) is 22.6 Å². The largest absolute Gasteiger partial charge is 0.419 e. The molecule has 1 aliphatic heterocycles. The van der Waals surface area contributed by atoms with Gasteiger partial charge in [0.15, 0.2) is 0 Å². The summed E-state index contributed by atoms with van der Waals surface area (Å²) in [7, 11) is 1.98. The number of fused-ring (bicyclic) bond motifs is 1. The van der Waals surface area contributed by atoms with E-state index in [4.69, 9.17) is 10.7 Å². The first kappa shape index (κ1) is 25.4.